The van der Waals surface area contributed by atoms with Gasteiger partial charge in [0.2, 0.25) is 0 Å². The molecule has 0 N–H and O–H groups in total. The van der Waals surface area contributed by atoms with Gasteiger partial charge >= 0.3 is 0 Å². The molecule has 0 aromatic heterocycles. The zero-order chi connectivity index (χ0) is 14.1. The lowest BCUT2D eigenvalue weighted by atomic mass is 10.1. The second-order valence-electron chi connectivity index (χ2n) is 4.73. The van der Waals surface area contributed by atoms with Gasteiger partial charge in [-0.2, -0.15) is 5.10 Å². The first-order valence-electron chi connectivity index (χ1n) is 6.37. The first-order chi connectivity index (χ1) is 9.65. The van der Waals surface area contributed by atoms with Crippen molar-refractivity contribution in [1.82, 2.24) is 0 Å². The quantitative estimate of drug-likeness (QED) is 0.826. The van der Waals surface area contributed by atoms with Crippen LogP contribution in [0.3, 0.4) is 0 Å². The molecule has 0 saturated carbocycles. The molecule has 0 unspecified atom stereocenters. The number of anilines is 1. The molecule has 0 bridgehead atoms. The van der Waals surface area contributed by atoms with Crippen LogP contribution < -0.4 is 5.01 Å². The van der Waals surface area contributed by atoms with Gasteiger partial charge in [0.1, 0.15) is 0 Å². The van der Waals surface area contributed by atoms with Gasteiger partial charge in [0, 0.05) is 5.02 Å². The summed E-state index contributed by atoms with van der Waals surface area (Å²) in [5.74, 6) is -0.0382. The van der Waals surface area contributed by atoms with Crippen molar-refractivity contribution in [2.24, 2.45) is 5.10 Å². The molecule has 4 heteroatoms. The highest BCUT2D eigenvalue weighted by Gasteiger charge is 2.26. The Labute approximate surface area is 122 Å². The fraction of sp³-hybridized carbons (Fsp3) is 0.125. The highest BCUT2D eigenvalue weighted by molar-refractivity contribution is 6.31. The minimum Gasteiger partial charge on any atom is -0.272 e. The van der Waals surface area contributed by atoms with Crippen LogP contribution >= 0.6 is 11.6 Å². The zero-order valence-corrected chi connectivity index (χ0v) is 11.8. The number of halogens is 1. The number of carbonyl (C=O) groups is 1. The molecule has 3 nitrogen and oxygen atoms in total. The van der Waals surface area contributed by atoms with Gasteiger partial charge in [-0.25, -0.2) is 5.01 Å². The lowest BCUT2D eigenvalue weighted by Crippen LogP contribution is -2.19. The number of amides is 1. The number of hydrazone groups is 1. The van der Waals surface area contributed by atoms with E-state index >= 15 is 0 Å². The number of benzene rings is 2. The van der Waals surface area contributed by atoms with Crippen molar-refractivity contribution in [3.05, 3.63) is 64.7 Å². The predicted molar refractivity (Wildman–Crippen MR) is 81.3 cm³/mol. The van der Waals surface area contributed by atoms with Crippen LogP contribution in [0.25, 0.3) is 0 Å². The van der Waals surface area contributed by atoms with Gasteiger partial charge < -0.3 is 0 Å². The number of carbonyl (C=O) groups excluding carboxylic acids is 1. The van der Waals surface area contributed by atoms with Gasteiger partial charge in [0.25, 0.3) is 5.91 Å². The third kappa shape index (κ3) is 2.32. The van der Waals surface area contributed by atoms with Gasteiger partial charge in [0.15, 0.2) is 0 Å². The molecule has 0 atom stereocenters. The first kappa shape index (κ1) is 12.9. The van der Waals surface area contributed by atoms with E-state index in [0.29, 0.717) is 17.1 Å². The molecule has 1 amide bonds. The predicted octanol–water partition coefficient (Wildman–Crippen LogP) is 3.79. The van der Waals surface area contributed by atoms with Crippen molar-refractivity contribution in [1.29, 1.82) is 0 Å². The van der Waals surface area contributed by atoms with E-state index < -0.39 is 0 Å². The van der Waals surface area contributed by atoms with Crippen LogP contribution in [0.15, 0.2) is 53.6 Å². The van der Waals surface area contributed by atoms with Crippen LogP contribution in [0.2, 0.25) is 5.02 Å². The maximum Gasteiger partial charge on any atom is 0.253 e. The molecule has 0 radical (unpaired) electrons. The molecule has 20 heavy (non-hydrogen) atoms. The summed E-state index contributed by atoms with van der Waals surface area (Å²) in [5, 5.41) is 6.48. The second kappa shape index (κ2) is 5.10. The molecule has 0 fully saturated rings. The second-order valence-corrected chi connectivity index (χ2v) is 5.14. The normalized spacial score (nSPS) is 14.6. The zero-order valence-electron chi connectivity index (χ0n) is 11.0. The molecular formula is C16H13ClN2O. The van der Waals surface area contributed by atoms with Crippen LogP contribution in [0.5, 0.6) is 0 Å². The third-order valence-corrected chi connectivity index (χ3v) is 3.69. The molecule has 1 heterocycles. The smallest absolute Gasteiger partial charge is 0.253 e. The van der Waals surface area contributed by atoms with E-state index in [-0.39, 0.29) is 5.91 Å². The lowest BCUT2D eigenvalue weighted by molar-refractivity contribution is -0.116. The van der Waals surface area contributed by atoms with E-state index in [1.807, 2.05) is 49.4 Å². The van der Waals surface area contributed by atoms with Gasteiger partial charge in [-0.15, -0.1) is 0 Å². The van der Waals surface area contributed by atoms with Crippen molar-refractivity contribution >= 4 is 28.9 Å². The van der Waals surface area contributed by atoms with Crippen molar-refractivity contribution in [3.8, 4) is 0 Å². The average molecular weight is 285 g/mol. The van der Waals surface area contributed by atoms with Crippen LogP contribution in [0.4, 0.5) is 5.69 Å². The van der Waals surface area contributed by atoms with E-state index in [1.165, 1.54) is 5.01 Å². The van der Waals surface area contributed by atoms with Crippen LogP contribution in [0, 0.1) is 6.92 Å². The molecule has 0 saturated heterocycles. The van der Waals surface area contributed by atoms with Crippen molar-refractivity contribution in [2.75, 3.05) is 5.01 Å². The third-order valence-electron chi connectivity index (χ3n) is 3.28. The lowest BCUT2D eigenvalue weighted by Gasteiger charge is -2.12. The first-order valence-corrected chi connectivity index (χ1v) is 6.75. The Hall–Kier alpha value is -2.13. The monoisotopic (exact) mass is 284 g/mol. The Morgan fingerprint density at radius 2 is 1.90 bits per heavy atom. The maximum atomic E-state index is 12.1. The van der Waals surface area contributed by atoms with Crippen LogP contribution in [-0.4, -0.2) is 11.6 Å². The van der Waals surface area contributed by atoms with E-state index in [9.17, 15) is 4.79 Å². The maximum absolute atomic E-state index is 12.1. The molecule has 100 valence electrons. The number of rotatable bonds is 2. The van der Waals surface area contributed by atoms with Gasteiger partial charge in [-0.05, 0) is 30.2 Å². The van der Waals surface area contributed by atoms with Crippen LogP contribution in [-0.2, 0) is 4.79 Å². The Balaban J connectivity index is 1.96. The fourth-order valence-corrected chi connectivity index (χ4v) is 2.31. The molecule has 1 aliphatic rings. The van der Waals surface area contributed by atoms with E-state index in [0.717, 1.165) is 16.8 Å². The standard InChI is InChI=1S/C16H13ClN2O/c1-11-7-8-13(9-14(11)17)19-16(20)10-15(18-19)12-5-3-2-4-6-12/h2-9H,10H2,1H3. The van der Waals surface area contributed by atoms with Gasteiger partial charge in [-0.1, -0.05) is 48.0 Å². The topological polar surface area (TPSA) is 32.7 Å². The number of hydrogen-bond acceptors (Lipinski definition) is 2. The Kier molecular flexibility index (Phi) is 3.28. The summed E-state index contributed by atoms with van der Waals surface area (Å²) in [5.41, 5.74) is 3.44. The molecular weight excluding hydrogens is 272 g/mol. The molecule has 0 spiro atoms. The van der Waals surface area contributed by atoms with Gasteiger partial charge in [0.05, 0.1) is 17.8 Å². The average Bonchev–Trinajstić information content (AvgIpc) is 2.85. The van der Waals surface area contributed by atoms with E-state index in [1.54, 1.807) is 6.07 Å². The molecule has 2 aromatic rings. The summed E-state index contributed by atoms with van der Waals surface area (Å²) < 4.78 is 0. The van der Waals surface area contributed by atoms with E-state index in [2.05, 4.69) is 5.10 Å². The largest absolute Gasteiger partial charge is 0.272 e. The Bertz CT molecular complexity index is 695. The Morgan fingerprint density at radius 3 is 2.60 bits per heavy atom. The van der Waals surface area contributed by atoms with Crippen molar-refractivity contribution in [2.45, 2.75) is 13.3 Å². The minimum absolute atomic E-state index is 0.0382. The van der Waals surface area contributed by atoms with Crippen molar-refractivity contribution in [3.63, 3.8) is 0 Å². The Morgan fingerprint density at radius 1 is 1.15 bits per heavy atom. The van der Waals surface area contributed by atoms with Crippen LogP contribution in [0.1, 0.15) is 17.5 Å². The molecule has 1 aliphatic heterocycles. The molecule has 3 rings (SSSR count). The highest BCUT2D eigenvalue weighted by atomic mass is 35.5. The summed E-state index contributed by atoms with van der Waals surface area (Å²) in [4.78, 5) is 12.1. The fourth-order valence-electron chi connectivity index (χ4n) is 2.14. The summed E-state index contributed by atoms with van der Waals surface area (Å²) in [7, 11) is 0. The molecule has 2 aromatic carbocycles. The SMILES string of the molecule is Cc1ccc(N2N=C(c3ccccc3)CC2=O)cc1Cl. The summed E-state index contributed by atoms with van der Waals surface area (Å²) in [6.45, 7) is 1.93. The summed E-state index contributed by atoms with van der Waals surface area (Å²) in [6.07, 6.45) is 0.315. The van der Waals surface area contributed by atoms with Crippen molar-refractivity contribution < 1.29 is 4.79 Å². The number of nitrogens with zero attached hydrogens (tertiary/aromatic N) is 2. The number of aryl methyl sites for hydroxylation is 1. The van der Waals surface area contributed by atoms with Gasteiger partial charge in [-0.3, -0.25) is 4.79 Å². The van der Waals surface area contributed by atoms with E-state index in [4.69, 9.17) is 11.6 Å². The minimum atomic E-state index is -0.0382. The highest BCUT2D eigenvalue weighted by Crippen LogP contribution is 2.27. The molecule has 0 aliphatic carbocycles. The summed E-state index contributed by atoms with van der Waals surface area (Å²) >= 11 is 6.11. The number of hydrogen-bond donors (Lipinski definition) is 0. The summed E-state index contributed by atoms with van der Waals surface area (Å²) in [6, 6.07) is 15.2.